The minimum absolute atomic E-state index is 0.204. The zero-order valence-electron chi connectivity index (χ0n) is 7.85. The largest absolute Gasteiger partial charge is 0.481 e. The van der Waals surface area contributed by atoms with Crippen LogP contribution in [0, 0.1) is 6.92 Å². The summed E-state index contributed by atoms with van der Waals surface area (Å²) < 4.78 is 25.5. The topological polar surface area (TPSA) is 68.0 Å². The summed E-state index contributed by atoms with van der Waals surface area (Å²) in [5.74, 6) is -0.895. The number of rotatable bonds is 5. The molecule has 0 radical (unpaired) electrons. The van der Waals surface area contributed by atoms with Gasteiger partial charge < -0.3 is 9.67 Å². The molecule has 0 aliphatic heterocycles. The van der Waals surface area contributed by atoms with E-state index in [1.54, 1.807) is 6.92 Å². The predicted molar refractivity (Wildman–Crippen MR) is 49.1 cm³/mol. The Bertz CT molecular complexity index is 356. The van der Waals surface area contributed by atoms with Crippen LogP contribution in [0.25, 0.3) is 0 Å². The quantitative estimate of drug-likeness (QED) is 0.774. The molecule has 1 aromatic heterocycles. The van der Waals surface area contributed by atoms with Gasteiger partial charge in [0.1, 0.15) is 5.82 Å². The van der Waals surface area contributed by atoms with E-state index < -0.39 is 18.9 Å². The molecule has 5 nitrogen and oxygen atoms in total. The van der Waals surface area contributed by atoms with Gasteiger partial charge in [0, 0.05) is 0 Å². The first kappa shape index (κ1) is 11.9. The summed E-state index contributed by atoms with van der Waals surface area (Å²) in [6, 6.07) is 0. The highest BCUT2D eigenvalue weighted by Gasteiger charge is 2.14. The Morgan fingerprint density at radius 3 is 2.80 bits per heavy atom. The summed E-state index contributed by atoms with van der Waals surface area (Å²) in [6.07, 6.45) is -2.51. The van der Waals surface area contributed by atoms with Gasteiger partial charge in [-0.2, -0.15) is 0 Å². The first-order valence-electron chi connectivity index (χ1n) is 4.03. The molecule has 0 atom stereocenters. The molecule has 0 spiro atoms. The molecule has 1 N–H and O–H groups in total. The molecule has 1 aromatic rings. The van der Waals surface area contributed by atoms with Crippen LogP contribution in [0.4, 0.5) is 8.78 Å². The zero-order chi connectivity index (χ0) is 11.4. The summed E-state index contributed by atoms with van der Waals surface area (Å²) >= 11 is 0.874. The highest BCUT2D eigenvalue weighted by atomic mass is 32.2. The van der Waals surface area contributed by atoms with Gasteiger partial charge >= 0.3 is 5.97 Å². The number of hydrogen-bond donors (Lipinski definition) is 1. The Morgan fingerprint density at radius 2 is 2.27 bits per heavy atom. The lowest BCUT2D eigenvalue weighted by Gasteiger charge is -2.05. The van der Waals surface area contributed by atoms with Crippen LogP contribution in [-0.4, -0.2) is 38.0 Å². The number of hydrogen-bond acceptors (Lipinski definition) is 4. The van der Waals surface area contributed by atoms with Crippen molar-refractivity contribution in [3.8, 4) is 0 Å². The van der Waals surface area contributed by atoms with Crippen molar-refractivity contribution in [3.63, 3.8) is 0 Å². The maximum atomic E-state index is 12.2. The molecule has 0 aliphatic carbocycles. The molecule has 0 aliphatic rings. The SMILES string of the molecule is Cc1nnc(SCC(=O)O)n1CC(F)F. The molecule has 0 amide bonds. The summed E-state index contributed by atoms with van der Waals surface area (Å²) in [7, 11) is 0. The number of thioether (sulfide) groups is 1. The van der Waals surface area contributed by atoms with Gasteiger partial charge in [0.2, 0.25) is 0 Å². The van der Waals surface area contributed by atoms with Crippen LogP contribution in [0.2, 0.25) is 0 Å². The lowest BCUT2D eigenvalue weighted by molar-refractivity contribution is -0.133. The summed E-state index contributed by atoms with van der Waals surface area (Å²) in [4.78, 5) is 10.3. The minimum Gasteiger partial charge on any atom is -0.481 e. The van der Waals surface area contributed by atoms with Crippen LogP contribution in [0.5, 0.6) is 0 Å². The normalized spacial score (nSPS) is 10.9. The monoisotopic (exact) mass is 237 g/mol. The third-order valence-electron chi connectivity index (χ3n) is 1.55. The van der Waals surface area contributed by atoms with Gasteiger partial charge in [0.25, 0.3) is 6.43 Å². The molecule has 1 heterocycles. The van der Waals surface area contributed by atoms with Gasteiger partial charge in [-0.1, -0.05) is 11.8 Å². The van der Waals surface area contributed by atoms with Crippen molar-refractivity contribution in [2.75, 3.05) is 5.75 Å². The van der Waals surface area contributed by atoms with Gasteiger partial charge in [-0.25, -0.2) is 8.78 Å². The van der Waals surface area contributed by atoms with E-state index in [0.717, 1.165) is 11.8 Å². The summed E-state index contributed by atoms with van der Waals surface area (Å²) in [6.45, 7) is 1.03. The molecule has 84 valence electrons. The second-order valence-electron chi connectivity index (χ2n) is 2.71. The molecular weight excluding hydrogens is 228 g/mol. The van der Waals surface area contributed by atoms with Crippen LogP contribution in [0.3, 0.4) is 0 Å². The number of carboxylic acids is 1. The highest BCUT2D eigenvalue weighted by molar-refractivity contribution is 7.99. The minimum atomic E-state index is -2.51. The Kier molecular flexibility index (Phi) is 4.01. The van der Waals surface area contributed by atoms with E-state index in [-0.39, 0.29) is 10.9 Å². The van der Waals surface area contributed by atoms with Crippen molar-refractivity contribution in [1.82, 2.24) is 14.8 Å². The first-order valence-corrected chi connectivity index (χ1v) is 5.02. The van der Waals surface area contributed by atoms with E-state index in [1.165, 1.54) is 4.57 Å². The van der Waals surface area contributed by atoms with E-state index in [0.29, 0.717) is 5.82 Å². The van der Waals surface area contributed by atoms with Gasteiger partial charge in [0.15, 0.2) is 5.16 Å². The molecule has 8 heteroatoms. The van der Waals surface area contributed by atoms with Crippen LogP contribution in [0.15, 0.2) is 5.16 Å². The molecule has 0 saturated carbocycles. The number of nitrogens with zero attached hydrogens (tertiary/aromatic N) is 3. The van der Waals surface area contributed by atoms with E-state index in [2.05, 4.69) is 10.2 Å². The van der Waals surface area contributed by atoms with Crippen LogP contribution >= 0.6 is 11.8 Å². The van der Waals surface area contributed by atoms with Crippen molar-refractivity contribution >= 4 is 17.7 Å². The first-order chi connectivity index (χ1) is 7.00. The summed E-state index contributed by atoms with van der Waals surface area (Å²) in [5, 5.41) is 15.9. The van der Waals surface area contributed by atoms with Crippen molar-refractivity contribution < 1.29 is 18.7 Å². The second-order valence-corrected chi connectivity index (χ2v) is 3.66. The van der Waals surface area contributed by atoms with Gasteiger partial charge in [0.05, 0.1) is 12.3 Å². The van der Waals surface area contributed by atoms with E-state index >= 15 is 0 Å². The van der Waals surface area contributed by atoms with Crippen LogP contribution in [-0.2, 0) is 11.3 Å². The number of halogens is 2. The smallest absolute Gasteiger partial charge is 0.313 e. The average Bonchev–Trinajstić information content (AvgIpc) is 2.44. The van der Waals surface area contributed by atoms with Crippen molar-refractivity contribution in [1.29, 1.82) is 0 Å². The van der Waals surface area contributed by atoms with E-state index in [1.807, 2.05) is 0 Å². The lowest BCUT2D eigenvalue weighted by Crippen LogP contribution is -2.10. The molecule has 1 rings (SSSR count). The van der Waals surface area contributed by atoms with E-state index in [4.69, 9.17) is 5.11 Å². The number of carbonyl (C=O) groups is 1. The molecular formula is C7H9F2N3O2S. The molecule has 0 bridgehead atoms. The average molecular weight is 237 g/mol. The fourth-order valence-electron chi connectivity index (χ4n) is 0.943. The molecule has 0 aromatic carbocycles. The zero-order valence-corrected chi connectivity index (χ0v) is 8.67. The third-order valence-corrected chi connectivity index (χ3v) is 2.50. The van der Waals surface area contributed by atoms with Gasteiger partial charge in [-0.3, -0.25) is 4.79 Å². The number of aryl methyl sites for hydroxylation is 1. The number of carboxylic acid groups (broad SMARTS) is 1. The number of aromatic nitrogens is 3. The number of aliphatic carboxylic acids is 1. The summed E-state index contributed by atoms with van der Waals surface area (Å²) in [5.41, 5.74) is 0. The van der Waals surface area contributed by atoms with Crippen molar-refractivity contribution in [3.05, 3.63) is 5.82 Å². The maximum Gasteiger partial charge on any atom is 0.313 e. The molecule has 15 heavy (non-hydrogen) atoms. The van der Waals surface area contributed by atoms with Crippen LogP contribution < -0.4 is 0 Å². The van der Waals surface area contributed by atoms with Gasteiger partial charge in [-0.05, 0) is 6.92 Å². The standard InChI is InChI=1S/C7H9F2N3O2S/c1-4-10-11-7(15-3-6(13)14)12(4)2-5(8)9/h5H,2-3H2,1H3,(H,13,14). The Labute approximate surface area is 88.5 Å². The van der Waals surface area contributed by atoms with Crippen molar-refractivity contribution in [2.24, 2.45) is 0 Å². The lowest BCUT2D eigenvalue weighted by atomic mass is 10.6. The Balaban J connectivity index is 2.74. The second kappa shape index (κ2) is 5.06. The third kappa shape index (κ3) is 3.46. The fourth-order valence-corrected chi connectivity index (χ4v) is 1.66. The Morgan fingerprint density at radius 1 is 1.60 bits per heavy atom. The highest BCUT2D eigenvalue weighted by Crippen LogP contribution is 2.17. The van der Waals surface area contributed by atoms with Crippen LogP contribution in [0.1, 0.15) is 5.82 Å². The Hall–Kier alpha value is -1.18. The van der Waals surface area contributed by atoms with Gasteiger partial charge in [-0.15, -0.1) is 10.2 Å². The maximum absolute atomic E-state index is 12.2. The van der Waals surface area contributed by atoms with Crippen molar-refractivity contribution in [2.45, 2.75) is 25.1 Å². The molecule has 0 unspecified atom stereocenters. The number of alkyl halides is 2. The van der Waals surface area contributed by atoms with E-state index in [9.17, 15) is 13.6 Å². The molecule has 0 saturated heterocycles. The fraction of sp³-hybridized carbons (Fsp3) is 0.571. The predicted octanol–water partition coefficient (Wildman–Crippen LogP) is 1.03. The molecule has 0 fully saturated rings.